The molecule has 20 heavy (non-hydrogen) atoms. The molecular weight excluding hydrogens is 324 g/mol. The van der Waals surface area contributed by atoms with Crippen molar-refractivity contribution in [2.45, 2.75) is 36.6 Å². The lowest BCUT2D eigenvalue weighted by atomic mass is 9.89. The molecule has 1 saturated carbocycles. The van der Waals surface area contributed by atoms with Crippen LogP contribution in [-0.4, -0.2) is 23.2 Å². The lowest BCUT2D eigenvalue weighted by Crippen LogP contribution is -2.52. The van der Waals surface area contributed by atoms with Crippen LogP contribution in [0.3, 0.4) is 0 Å². The Labute approximate surface area is 123 Å². The zero-order valence-electron chi connectivity index (χ0n) is 10.8. The van der Waals surface area contributed by atoms with Crippen molar-refractivity contribution in [1.82, 2.24) is 5.32 Å². The highest BCUT2D eigenvalue weighted by Gasteiger charge is 2.56. The molecular formula is C10H17NO6P2S-4. The van der Waals surface area contributed by atoms with Crippen LogP contribution in [0.25, 0.3) is 0 Å². The molecule has 10 heteroatoms. The van der Waals surface area contributed by atoms with Gasteiger partial charge in [0.15, 0.2) is 0 Å². The van der Waals surface area contributed by atoms with Gasteiger partial charge in [0.05, 0.1) is 0 Å². The molecule has 0 aromatic rings. The van der Waals surface area contributed by atoms with Crippen LogP contribution in [0.4, 0.5) is 0 Å². The Bertz CT molecular complexity index is 441. The van der Waals surface area contributed by atoms with E-state index in [4.69, 9.17) is 0 Å². The van der Waals surface area contributed by atoms with Crippen LogP contribution < -0.4 is 24.9 Å². The highest BCUT2D eigenvalue weighted by Crippen LogP contribution is 2.72. The molecule has 0 radical (unpaired) electrons. The molecule has 3 atom stereocenters. The number of fused-ring (bicyclic) bond motifs is 1. The summed E-state index contributed by atoms with van der Waals surface area (Å²) in [4.78, 5) is 44.0. The maximum absolute atomic E-state index is 11.7. The summed E-state index contributed by atoms with van der Waals surface area (Å²) in [6, 6.07) is -0.414. The van der Waals surface area contributed by atoms with Gasteiger partial charge in [-0.2, -0.15) is 12.6 Å². The maximum Gasteiger partial charge on any atom is 0.0302 e. The third-order valence-electron chi connectivity index (χ3n) is 4.62. The van der Waals surface area contributed by atoms with Crippen molar-refractivity contribution in [1.29, 1.82) is 0 Å². The molecule has 1 aliphatic heterocycles. The van der Waals surface area contributed by atoms with Gasteiger partial charge < -0.3 is 34.0 Å². The summed E-state index contributed by atoms with van der Waals surface area (Å²) >= 11 is 4.01. The molecule has 2 aliphatic rings. The molecule has 3 unspecified atom stereocenters. The number of hydrogen-bond donors (Lipinski definition) is 2. The Kier molecular flexibility index (Phi) is 4.81. The first-order valence-electron chi connectivity index (χ1n) is 6.53. The van der Waals surface area contributed by atoms with Crippen molar-refractivity contribution in [2.75, 3.05) is 12.3 Å². The Morgan fingerprint density at radius 3 is 2.30 bits per heavy atom. The molecule has 1 N–H and O–H groups in total. The maximum atomic E-state index is 11.7. The Morgan fingerprint density at radius 2 is 1.80 bits per heavy atom. The molecule has 118 valence electrons. The molecule has 0 aromatic carbocycles. The van der Waals surface area contributed by atoms with E-state index in [1.54, 1.807) is 0 Å². The lowest BCUT2D eigenvalue weighted by molar-refractivity contribution is -0.338. The first-order valence-corrected chi connectivity index (χ1v) is 10.3. The number of rotatable bonds is 4. The predicted molar refractivity (Wildman–Crippen MR) is 69.0 cm³/mol. The van der Waals surface area contributed by atoms with Gasteiger partial charge in [0.25, 0.3) is 0 Å². The Balaban J connectivity index is 2.54. The summed E-state index contributed by atoms with van der Waals surface area (Å²) in [5, 5.41) is 3.08. The van der Waals surface area contributed by atoms with Crippen molar-refractivity contribution in [3.63, 3.8) is 0 Å². The van der Waals surface area contributed by atoms with E-state index in [0.717, 1.165) is 6.42 Å². The van der Waals surface area contributed by atoms with E-state index in [1.165, 1.54) is 0 Å². The molecule has 1 aliphatic carbocycles. The van der Waals surface area contributed by atoms with E-state index < -0.39 is 32.0 Å². The fraction of sp³-hybridized carbons (Fsp3) is 1.00. The van der Waals surface area contributed by atoms with Gasteiger partial charge in [0.1, 0.15) is 0 Å². The second kappa shape index (κ2) is 5.67. The topological polar surface area (TPSA) is 138 Å². The SMILES string of the molecule is O=P([O-])([O-])C1(P(=O)([O-])[O-])CC2CCCNC2C1CCS. The van der Waals surface area contributed by atoms with Crippen molar-refractivity contribution in [3.8, 4) is 0 Å². The van der Waals surface area contributed by atoms with Crippen LogP contribution in [0.2, 0.25) is 0 Å². The van der Waals surface area contributed by atoms with Crippen LogP contribution >= 0.6 is 27.8 Å². The molecule has 1 saturated heterocycles. The molecule has 1 heterocycles. The smallest absolute Gasteiger partial charge is 0.0302 e. The van der Waals surface area contributed by atoms with E-state index in [9.17, 15) is 28.7 Å². The van der Waals surface area contributed by atoms with Gasteiger partial charge >= 0.3 is 0 Å². The first-order chi connectivity index (χ1) is 9.15. The molecule has 2 rings (SSSR count). The summed E-state index contributed by atoms with van der Waals surface area (Å²) in [5.74, 6) is -1.05. The van der Waals surface area contributed by atoms with E-state index >= 15 is 0 Å². The van der Waals surface area contributed by atoms with Crippen molar-refractivity contribution in [3.05, 3.63) is 0 Å². The zero-order chi connectivity index (χ0) is 15.2. The quantitative estimate of drug-likeness (QED) is 0.455. The van der Waals surface area contributed by atoms with Crippen molar-refractivity contribution < 1.29 is 28.7 Å². The molecule has 0 aromatic heterocycles. The molecule has 0 bridgehead atoms. The summed E-state index contributed by atoms with van der Waals surface area (Å²) in [6.45, 7) is 0.629. The zero-order valence-corrected chi connectivity index (χ0v) is 13.4. The average Bonchev–Trinajstić information content (AvgIpc) is 2.65. The third-order valence-corrected chi connectivity index (χ3v) is 9.27. The van der Waals surface area contributed by atoms with Crippen LogP contribution in [0, 0.1) is 11.8 Å². The predicted octanol–water partition coefficient (Wildman–Crippen LogP) is -1.78. The minimum Gasteiger partial charge on any atom is -0.810 e. The van der Waals surface area contributed by atoms with Crippen LogP contribution in [0.5, 0.6) is 0 Å². The monoisotopic (exact) mass is 341 g/mol. The van der Waals surface area contributed by atoms with Gasteiger partial charge in [-0.25, -0.2) is 0 Å². The fourth-order valence-electron chi connectivity index (χ4n) is 3.83. The van der Waals surface area contributed by atoms with Gasteiger partial charge in [-0.3, -0.25) is 0 Å². The van der Waals surface area contributed by atoms with Gasteiger partial charge in [-0.15, -0.1) is 0 Å². The van der Waals surface area contributed by atoms with E-state index in [-0.39, 0.29) is 24.5 Å². The second-order valence-corrected chi connectivity index (χ2v) is 9.96. The van der Waals surface area contributed by atoms with Crippen LogP contribution in [-0.2, 0) is 9.13 Å². The van der Waals surface area contributed by atoms with Gasteiger partial charge in [0, 0.05) is 10.9 Å². The van der Waals surface area contributed by atoms with Crippen molar-refractivity contribution >= 4 is 27.8 Å². The average molecular weight is 341 g/mol. The first kappa shape index (κ1) is 17.0. The Hall–Kier alpha value is 0.610. The number of nitrogens with one attached hydrogen (secondary N) is 1. The van der Waals surface area contributed by atoms with Gasteiger partial charge in [-0.05, 0) is 49.8 Å². The minimum atomic E-state index is -5.59. The largest absolute Gasteiger partial charge is 0.810 e. The highest BCUT2D eigenvalue weighted by atomic mass is 32.1. The normalized spacial score (nSPS) is 34.0. The summed E-state index contributed by atoms with van der Waals surface area (Å²) in [6.07, 6.45) is 1.13. The number of hydrogen-bond acceptors (Lipinski definition) is 8. The standard InChI is InChI=1S/C10H21NO6P2S/c12-18(13,14)10(19(15,16)17)6-7-2-1-4-11-9(7)8(10)3-5-20/h7-9,11,20H,1-6H2,(H2,12,13,14)(H2,15,16,17)/p-4. The Morgan fingerprint density at radius 1 is 1.20 bits per heavy atom. The molecule has 7 nitrogen and oxygen atoms in total. The fourth-order valence-corrected chi connectivity index (χ4v) is 7.62. The van der Waals surface area contributed by atoms with Gasteiger partial charge in [0.2, 0.25) is 0 Å². The molecule has 0 amide bonds. The summed E-state index contributed by atoms with van der Waals surface area (Å²) in [5.41, 5.74) is 0. The van der Waals surface area contributed by atoms with Crippen LogP contribution in [0.15, 0.2) is 0 Å². The molecule has 2 fully saturated rings. The van der Waals surface area contributed by atoms with E-state index in [0.29, 0.717) is 13.0 Å². The third kappa shape index (κ3) is 2.55. The minimum absolute atomic E-state index is 0.111. The number of piperidine rings is 1. The van der Waals surface area contributed by atoms with Crippen molar-refractivity contribution in [2.24, 2.45) is 11.8 Å². The lowest BCUT2D eigenvalue weighted by Gasteiger charge is -2.61. The highest BCUT2D eigenvalue weighted by molar-refractivity contribution is 7.80. The summed E-state index contributed by atoms with van der Waals surface area (Å²) < 4.78 is 23.4. The van der Waals surface area contributed by atoms with Gasteiger partial charge in [-0.1, -0.05) is 15.2 Å². The molecule has 0 spiro atoms. The summed E-state index contributed by atoms with van der Waals surface area (Å²) in [7, 11) is -11.2. The van der Waals surface area contributed by atoms with E-state index in [2.05, 4.69) is 17.9 Å². The van der Waals surface area contributed by atoms with Crippen LogP contribution in [0.1, 0.15) is 25.7 Å². The second-order valence-electron chi connectivity index (χ2n) is 5.58. The van der Waals surface area contributed by atoms with E-state index in [1.807, 2.05) is 0 Å². The number of thiol groups is 1.